The van der Waals surface area contributed by atoms with Crippen molar-refractivity contribution in [2.45, 2.75) is 58.0 Å². The Balaban J connectivity index is 1.38. The minimum Gasteiger partial charge on any atom is -0.494 e. The molecule has 1 saturated heterocycles. The minimum atomic E-state index is -0.293. The molecule has 2 aliphatic rings. The van der Waals surface area contributed by atoms with Crippen molar-refractivity contribution in [1.82, 2.24) is 5.32 Å². The maximum absolute atomic E-state index is 12.4. The van der Waals surface area contributed by atoms with Crippen molar-refractivity contribution >= 4 is 17.5 Å². The van der Waals surface area contributed by atoms with E-state index in [9.17, 15) is 9.59 Å². The number of carbonyl (C=O) groups is 2. The first-order valence-corrected chi connectivity index (χ1v) is 10.6. The van der Waals surface area contributed by atoms with Gasteiger partial charge >= 0.3 is 0 Å². The summed E-state index contributed by atoms with van der Waals surface area (Å²) in [5.41, 5.74) is 0.810. The summed E-state index contributed by atoms with van der Waals surface area (Å²) in [6, 6.07) is 7.44. The van der Waals surface area contributed by atoms with Crippen molar-refractivity contribution in [3.8, 4) is 5.75 Å². The summed E-state index contributed by atoms with van der Waals surface area (Å²) in [6.45, 7) is 4.25. The van der Waals surface area contributed by atoms with E-state index in [0.29, 0.717) is 32.4 Å². The van der Waals surface area contributed by atoms with Crippen molar-refractivity contribution in [2.24, 2.45) is 5.92 Å². The number of hydrogen-bond donors (Lipinski definition) is 1. The molecule has 28 heavy (non-hydrogen) atoms. The van der Waals surface area contributed by atoms with Gasteiger partial charge in [-0.2, -0.15) is 0 Å². The van der Waals surface area contributed by atoms with Crippen LogP contribution in [0.2, 0.25) is 0 Å². The van der Waals surface area contributed by atoms with Crippen molar-refractivity contribution < 1.29 is 19.1 Å². The number of amides is 2. The van der Waals surface area contributed by atoms with Crippen LogP contribution < -0.4 is 15.0 Å². The van der Waals surface area contributed by atoms with E-state index >= 15 is 0 Å². The number of nitrogens with one attached hydrogen (secondary N) is 1. The number of hydrogen-bond acceptors (Lipinski definition) is 4. The maximum atomic E-state index is 12.4. The molecule has 1 atom stereocenters. The Kier molecular flexibility index (Phi) is 7.71. The van der Waals surface area contributed by atoms with Gasteiger partial charge in [0.15, 0.2) is 0 Å². The van der Waals surface area contributed by atoms with E-state index in [2.05, 4.69) is 5.32 Å². The van der Waals surface area contributed by atoms with Crippen LogP contribution in [0.1, 0.15) is 51.9 Å². The second-order valence-electron chi connectivity index (χ2n) is 7.61. The highest BCUT2D eigenvalue weighted by Crippen LogP contribution is 2.27. The molecule has 2 amide bonds. The summed E-state index contributed by atoms with van der Waals surface area (Å²) in [6.07, 6.45) is 7.66. The molecular formula is C22H32N2O4. The normalized spacial score (nSPS) is 20.4. The second-order valence-corrected chi connectivity index (χ2v) is 7.61. The Morgan fingerprint density at radius 3 is 2.64 bits per heavy atom. The van der Waals surface area contributed by atoms with Crippen LogP contribution in [0.4, 0.5) is 5.69 Å². The SMILES string of the molecule is CCOc1ccc(N2CC(C(=O)NCCCOC3CCCCC3)CC2=O)cc1. The van der Waals surface area contributed by atoms with Gasteiger partial charge in [-0.05, 0) is 50.5 Å². The standard InChI is InChI=1S/C22H32N2O4/c1-2-27-20-11-9-18(10-12-20)24-16-17(15-21(24)25)22(26)23-13-6-14-28-19-7-4-3-5-8-19/h9-12,17,19H,2-8,13-16H2,1H3,(H,23,26). The summed E-state index contributed by atoms with van der Waals surface area (Å²) in [7, 11) is 0. The number of ether oxygens (including phenoxy) is 2. The van der Waals surface area contributed by atoms with Crippen LogP contribution >= 0.6 is 0 Å². The highest BCUT2D eigenvalue weighted by atomic mass is 16.5. The molecule has 1 aliphatic carbocycles. The van der Waals surface area contributed by atoms with Gasteiger partial charge in [-0.1, -0.05) is 19.3 Å². The lowest BCUT2D eigenvalue weighted by atomic mass is 9.98. The molecule has 3 rings (SSSR count). The molecule has 1 aromatic rings. The first-order chi connectivity index (χ1) is 13.7. The van der Waals surface area contributed by atoms with Crippen LogP contribution in [0.5, 0.6) is 5.75 Å². The monoisotopic (exact) mass is 388 g/mol. The van der Waals surface area contributed by atoms with Crippen molar-refractivity contribution in [1.29, 1.82) is 0 Å². The molecule has 1 N–H and O–H groups in total. The van der Waals surface area contributed by atoms with Crippen molar-refractivity contribution in [3.05, 3.63) is 24.3 Å². The first-order valence-electron chi connectivity index (χ1n) is 10.6. The minimum absolute atomic E-state index is 0.00931. The summed E-state index contributed by atoms with van der Waals surface area (Å²) in [4.78, 5) is 26.5. The molecule has 0 aromatic heterocycles. The average Bonchev–Trinajstić information content (AvgIpc) is 3.11. The molecule has 0 bridgehead atoms. The zero-order valence-electron chi connectivity index (χ0n) is 16.8. The molecule has 6 heteroatoms. The quantitative estimate of drug-likeness (QED) is 0.659. The molecule has 1 unspecified atom stereocenters. The van der Waals surface area contributed by atoms with E-state index in [0.717, 1.165) is 30.7 Å². The van der Waals surface area contributed by atoms with E-state index in [-0.39, 0.29) is 24.2 Å². The lowest BCUT2D eigenvalue weighted by molar-refractivity contribution is -0.126. The summed E-state index contributed by atoms with van der Waals surface area (Å²) < 4.78 is 11.3. The Bertz CT molecular complexity index is 640. The van der Waals surface area contributed by atoms with Gasteiger partial charge in [-0.3, -0.25) is 9.59 Å². The van der Waals surface area contributed by atoms with Gasteiger partial charge in [0.05, 0.1) is 18.6 Å². The fourth-order valence-corrected chi connectivity index (χ4v) is 3.93. The lowest BCUT2D eigenvalue weighted by Crippen LogP contribution is -2.34. The second kappa shape index (κ2) is 10.5. The average molecular weight is 389 g/mol. The molecule has 2 fully saturated rings. The van der Waals surface area contributed by atoms with Gasteiger partial charge in [-0.15, -0.1) is 0 Å². The summed E-state index contributed by atoms with van der Waals surface area (Å²) in [5.74, 6) is 0.436. The van der Waals surface area contributed by atoms with Crippen LogP contribution in [-0.2, 0) is 14.3 Å². The van der Waals surface area contributed by atoms with Crippen LogP contribution in [-0.4, -0.2) is 44.2 Å². The molecule has 1 heterocycles. The number of carbonyl (C=O) groups excluding carboxylic acids is 2. The van der Waals surface area contributed by atoms with Gasteiger partial charge in [0.1, 0.15) is 5.75 Å². The topological polar surface area (TPSA) is 67.9 Å². The molecule has 154 valence electrons. The van der Waals surface area contributed by atoms with Crippen molar-refractivity contribution in [2.75, 3.05) is 31.2 Å². The molecule has 1 saturated carbocycles. The van der Waals surface area contributed by atoms with E-state index < -0.39 is 0 Å². The first kappa shape index (κ1) is 20.6. The van der Waals surface area contributed by atoms with Gasteiger partial charge in [0.25, 0.3) is 0 Å². The van der Waals surface area contributed by atoms with Crippen LogP contribution in [0.25, 0.3) is 0 Å². The molecule has 0 spiro atoms. The zero-order valence-corrected chi connectivity index (χ0v) is 16.8. The molecular weight excluding hydrogens is 356 g/mol. The predicted octanol–water partition coefficient (Wildman–Crippen LogP) is 3.29. The molecule has 1 aliphatic heterocycles. The van der Waals surface area contributed by atoms with Gasteiger partial charge < -0.3 is 19.7 Å². The number of rotatable bonds is 9. The zero-order chi connectivity index (χ0) is 19.8. The fraction of sp³-hybridized carbons (Fsp3) is 0.636. The Hall–Kier alpha value is -2.08. The van der Waals surface area contributed by atoms with Gasteiger partial charge in [0, 0.05) is 31.8 Å². The third-order valence-corrected chi connectivity index (χ3v) is 5.48. The summed E-state index contributed by atoms with van der Waals surface area (Å²) >= 11 is 0. The molecule has 1 aromatic carbocycles. The highest BCUT2D eigenvalue weighted by Gasteiger charge is 2.34. The number of anilines is 1. The third-order valence-electron chi connectivity index (χ3n) is 5.48. The number of nitrogens with zero attached hydrogens (tertiary/aromatic N) is 1. The predicted molar refractivity (Wildman–Crippen MR) is 109 cm³/mol. The number of benzene rings is 1. The van der Waals surface area contributed by atoms with Crippen LogP contribution in [0.15, 0.2) is 24.3 Å². The van der Waals surface area contributed by atoms with E-state index in [1.54, 1.807) is 4.90 Å². The van der Waals surface area contributed by atoms with E-state index in [4.69, 9.17) is 9.47 Å². The van der Waals surface area contributed by atoms with E-state index in [1.807, 2.05) is 31.2 Å². The van der Waals surface area contributed by atoms with Gasteiger partial charge in [0.2, 0.25) is 11.8 Å². The maximum Gasteiger partial charge on any atom is 0.227 e. The Morgan fingerprint density at radius 2 is 1.93 bits per heavy atom. The fourth-order valence-electron chi connectivity index (χ4n) is 3.93. The molecule has 0 radical (unpaired) electrons. The molecule has 6 nitrogen and oxygen atoms in total. The Labute approximate surface area is 167 Å². The highest BCUT2D eigenvalue weighted by molar-refractivity contribution is 6.00. The van der Waals surface area contributed by atoms with Gasteiger partial charge in [-0.25, -0.2) is 0 Å². The van der Waals surface area contributed by atoms with Crippen LogP contribution in [0, 0.1) is 5.92 Å². The van der Waals surface area contributed by atoms with Crippen LogP contribution in [0.3, 0.4) is 0 Å². The largest absolute Gasteiger partial charge is 0.494 e. The lowest BCUT2D eigenvalue weighted by Gasteiger charge is -2.22. The van der Waals surface area contributed by atoms with Crippen molar-refractivity contribution in [3.63, 3.8) is 0 Å². The summed E-state index contributed by atoms with van der Waals surface area (Å²) in [5, 5.41) is 2.96. The third kappa shape index (κ3) is 5.71. The Morgan fingerprint density at radius 1 is 1.18 bits per heavy atom. The smallest absolute Gasteiger partial charge is 0.227 e. The van der Waals surface area contributed by atoms with E-state index in [1.165, 1.54) is 19.3 Å².